The van der Waals surface area contributed by atoms with E-state index in [1.165, 1.54) is 12.0 Å². The van der Waals surface area contributed by atoms with Gasteiger partial charge in [0, 0.05) is 15.0 Å². The predicted octanol–water partition coefficient (Wildman–Crippen LogP) is 5.07. The Hall–Kier alpha value is 0.430. The molecule has 0 fully saturated rings. The van der Waals surface area contributed by atoms with E-state index >= 15 is 0 Å². The molecule has 0 radical (unpaired) electrons. The van der Waals surface area contributed by atoms with Gasteiger partial charge in [0.15, 0.2) is 0 Å². The smallest absolute Gasteiger partial charge is 0.0306 e. The maximum atomic E-state index is 6.16. The van der Waals surface area contributed by atoms with Crippen LogP contribution >= 0.6 is 44.3 Å². The largest absolute Gasteiger partial charge is 0.324 e. The molecular weight excluding hydrogens is 353 g/mol. The van der Waals surface area contributed by atoms with Gasteiger partial charge < -0.3 is 5.73 Å². The normalized spacial score (nSPS) is 12.4. The molecule has 0 unspecified atom stereocenters. The SMILES string of the molecule is CC(C)CC[C@@H](N)c1cc(Br)ccc1Br.Cl. The number of halogens is 3. The van der Waals surface area contributed by atoms with E-state index in [9.17, 15) is 0 Å². The van der Waals surface area contributed by atoms with Gasteiger partial charge in [0.1, 0.15) is 0 Å². The first-order valence-corrected chi connectivity index (χ1v) is 6.80. The van der Waals surface area contributed by atoms with Crippen LogP contribution in [0.5, 0.6) is 0 Å². The van der Waals surface area contributed by atoms with Gasteiger partial charge in [0.25, 0.3) is 0 Å². The number of benzene rings is 1. The topological polar surface area (TPSA) is 26.0 Å². The molecule has 0 saturated heterocycles. The van der Waals surface area contributed by atoms with Crippen LogP contribution in [0, 0.1) is 5.92 Å². The first-order chi connectivity index (χ1) is 7.00. The molecule has 1 rings (SSSR count). The van der Waals surface area contributed by atoms with Crippen LogP contribution in [0.3, 0.4) is 0 Å². The Morgan fingerprint density at radius 1 is 1.19 bits per heavy atom. The molecule has 0 saturated carbocycles. The quantitative estimate of drug-likeness (QED) is 0.786. The van der Waals surface area contributed by atoms with E-state index in [0.29, 0.717) is 5.92 Å². The van der Waals surface area contributed by atoms with Crippen molar-refractivity contribution in [3.05, 3.63) is 32.7 Å². The van der Waals surface area contributed by atoms with Gasteiger partial charge in [0.05, 0.1) is 0 Å². The van der Waals surface area contributed by atoms with Crippen LogP contribution < -0.4 is 5.73 Å². The highest BCUT2D eigenvalue weighted by atomic mass is 79.9. The number of nitrogens with two attached hydrogens (primary N) is 1. The lowest BCUT2D eigenvalue weighted by molar-refractivity contribution is 0.506. The monoisotopic (exact) mass is 369 g/mol. The summed E-state index contributed by atoms with van der Waals surface area (Å²) in [4.78, 5) is 0. The summed E-state index contributed by atoms with van der Waals surface area (Å²) < 4.78 is 2.18. The van der Waals surface area contributed by atoms with Crippen molar-refractivity contribution in [2.75, 3.05) is 0 Å². The van der Waals surface area contributed by atoms with Gasteiger partial charge in [-0.2, -0.15) is 0 Å². The van der Waals surface area contributed by atoms with Gasteiger partial charge in [0.2, 0.25) is 0 Å². The zero-order valence-electron chi connectivity index (χ0n) is 9.54. The van der Waals surface area contributed by atoms with Crippen molar-refractivity contribution in [3.63, 3.8) is 0 Å². The third-order valence-electron chi connectivity index (χ3n) is 2.41. The lowest BCUT2D eigenvalue weighted by Gasteiger charge is -2.15. The molecule has 0 aliphatic heterocycles. The standard InChI is InChI=1S/C12H17Br2N.ClH/c1-8(2)3-6-12(15)10-7-9(13)4-5-11(10)14;/h4-5,7-8,12H,3,6,15H2,1-2H3;1H/t12-;/m1./s1. The van der Waals surface area contributed by atoms with Crippen LogP contribution in [0.4, 0.5) is 0 Å². The molecule has 1 atom stereocenters. The van der Waals surface area contributed by atoms with Gasteiger partial charge in [-0.3, -0.25) is 0 Å². The van der Waals surface area contributed by atoms with Gasteiger partial charge in [-0.05, 0) is 42.5 Å². The third-order valence-corrected chi connectivity index (χ3v) is 3.63. The Morgan fingerprint density at radius 2 is 1.81 bits per heavy atom. The van der Waals surface area contributed by atoms with Gasteiger partial charge in [-0.15, -0.1) is 12.4 Å². The van der Waals surface area contributed by atoms with Gasteiger partial charge in [-0.1, -0.05) is 45.7 Å². The molecule has 92 valence electrons. The Balaban J connectivity index is 0.00000225. The fraction of sp³-hybridized carbons (Fsp3) is 0.500. The molecule has 1 nitrogen and oxygen atoms in total. The fourth-order valence-electron chi connectivity index (χ4n) is 1.47. The summed E-state index contributed by atoms with van der Waals surface area (Å²) in [6.45, 7) is 4.45. The molecule has 0 amide bonds. The minimum Gasteiger partial charge on any atom is -0.324 e. The summed E-state index contributed by atoms with van der Waals surface area (Å²) in [5.41, 5.74) is 7.35. The minimum atomic E-state index is 0. The van der Waals surface area contributed by atoms with Gasteiger partial charge >= 0.3 is 0 Å². The molecular formula is C12H18Br2ClN. The predicted molar refractivity (Wildman–Crippen MR) is 80.1 cm³/mol. The summed E-state index contributed by atoms with van der Waals surface area (Å²) in [7, 11) is 0. The molecule has 0 aromatic heterocycles. The van der Waals surface area contributed by atoms with E-state index < -0.39 is 0 Å². The first kappa shape index (κ1) is 16.4. The van der Waals surface area contributed by atoms with Crippen LogP contribution in [0.1, 0.15) is 38.3 Å². The molecule has 16 heavy (non-hydrogen) atoms. The van der Waals surface area contributed by atoms with E-state index in [4.69, 9.17) is 5.73 Å². The highest BCUT2D eigenvalue weighted by molar-refractivity contribution is 9.11. The highest BCUT2D eigenvalue weighted by Crippen LogP contribution is 2.28. The molecule has 0 heterocycles. The van der Waals surface area contributed by atoms with Crippen LogP contribution in [0.2, 0.25) is 0 Å². The van der Waals surface area contributed by atoms with Crippen molar-refractivity contribution in [3.8, 4) is 0 Å². The third kappa shape index (κ3) is 5.17. The summed E-state index contributed by atoms with van der Waals surface area (Å²) in [6.07, 6.45) is 2.20. The lowest BCUT2D eigenvalue weighted by Crippen LogP contribution is -2.11. The molecule has 4 heteroatoms. The van der Waals surface area contributed by atoms with Crippen molar-refractivity contribution in [1.82, 2.24) is 0 Å². The molecule has 1 aromatic rings. The fourth-order valence-corrected chi connectivity index (χ4v) is 2.39. The summed E-state index contributed by atoms with van der Waals surface area (Å²) >= 11 is 7.01. The second kappa shape index (κ2) is 7.70. The molecule has 0 bridgehead atoms. The molecule has 1 aromatic carbocycles. The number of rotatable bonds is 4. The maximum Gasteiger partial charge on any atom is 0.0306 e. The van der Waals surface area contributed by atoms with Crippen molar-refractivity contribution >= 4 is 44.3 Å². The van der Waals surface area contributed by atoms with Crippen molar-refractivity contribution < 1.29 is 0 Å². The molecule has 0 spiro atoms. The lowest BCUT2D eigenvalue weighted by atomic mass is 9.98. The van der Waals surface area contributed by atoms with Crippen molar-refractivity contribution in [1.29, 1.82) is 0 Å². The Labute approximate surface area is 121 Å². The van der Waals surface area contributed by atoms with E-state index in [1.807, 2.05) is 12.1 Å². The van der Waals surface area contributed by atoms with E-state index in [0.717, 1.165) is 15.4 Å². The Kier molecular flexibility index (Phi) is 7.90. The summed E-state index contributed by atoms with van der Waals surface area (Å²) in [5.74, 6) is 0.710. The summed E-state index contributed by atoms with van der Waals surface area (Å²) in [5, 5.41) is 0. The highest BCUT2D eigenvalue weighted by Gasteiger charge is 2.10. The average molecular weight is 372 g/mol. The van der Waals surface area contributed by atoms with Gasteiger partial charge in [-0.25, -0.2) is 0 Å². The average Bonchev–Trinajstić information content (AvgIpc) is 2.18. The number of hydrogen-bond donors (Lipinski definition) is 1. The van der Waals surface area contributed by atoms with Crippen LogP contribution in [0.15, 0.2) is 27.1 Å². The van der Waals surface area contributed by atoms with Crippen molar-refractivity contribution in [2.45, 2.75) is 32.7 Å². The maximum absolute atomic E-state index is 6.16. The molecule has 2 N–H and O–H groups in total. The van der Waals surface area contributed by atoms with Crippen LogP contribution in [-0.4, -0.2) is 0 Å². The second-order valence-electron chi connectivity index (χ2n) is 4.24. The number of hydrogen-bond acceptors (Lipinski definition) is 1. The van der Waals surface area contributed by atoms with E-state index in [1.54, 1.807) is 0 Å². The summed E-state index contributed by atoms with van der Waals surface area (Å²) in [6, 6.07) is 6.27. The van der Waals surface area contributed by atoms with E-state index in [-0.39, 0.29) is 18.4 Å². The Morgan fingerprint density at radius 3 is 2.38 bits per heavy atom. The zero-order chi connectivity index (χ0) is 11.4. The van der Waals surface area contributed by atoms with E-state index in [2.05, 4.69) is 51.8 Å². The minimum absolute atomic E-state index is 0. The molecule has 0 aliphatic rings. The van der Waals surface area contributed by atoms with Crippen molar-refractivity contribution in [2.24, 2.45) is 11.7 Å². The Bertz CT molecular complexity index is 329. The molecule has 0 aliphatic carbocycles. The zero-order valence-corrected chi connectivity index (χ0v) is 13.5. The second-order valence-corrected chi connectivity index (χ2v) is 6.01. The van der Waals surface area contributed by atoms with Crippen LogP contribution in [0.25, 0.3) is 0 Å². The first-order valence-electron chi connectivity index (χ1n) is 5.21. The van der Waals surface area contributed by atoms with Crippen LogP contribution in [-0.2, 0) is 0 Å².